The summed E-state index contributed by atoms with van der Waals surface area (Å²) in [5.41, 5.74) is 13.3. The normalized spacial score (nSPS) is 19.1. The van der Waals surface area contributed by atoms with Crippen LogP contribution in [0.4, 0.5) is 11.4 Å². The third kappa shape index (κ3) is 7.55. The average molecular weight is 865 g/mol. The van der Waals surface area contributed by atoms with Gasteiger partial charge < -0.3 is 20.0 Å². The van der Waals surface area contributed by atoms with Crippen molar-refractivity contribution in [3.05, 3.63) is 151 Å². The van der Waals surface area contributed by atoms with E-state index in [4.69, 9.17) is 16.6 Å². The number of piperazine rings is 1. The van der Waals surface area contributed by atoms with Crippen molar-refractivity contribution in [3.8, 4) is 10.8 Å². The van der Waals surface area contributed by atoms with Crippen molar-refractivity contribution in [2.75, 3.05) is 55.6 Å². The van der Waals surface area contributed by atoms with Gasteiger partial charge in [0, 0.05) is 78.2 Å². The molecule has 0 spiro atoms. The van der Waals surface area contributed by atoms with Crippen molar-refractivity contribution in [1.29, 1.82) is 0 Å². The lowest BCUT2D eigenvalue weighted by atomic mass is 9.87. The SMILES string of the molecule is Cc1sc2c(c1C)C(c1ccc(N3CCC(O)(CN4CCN(c5ccc(C6=C(c7ccccc7Cl)CCCc7cc(O)ccc76)cc5)CC4)CC3)cc1)=N[C@@H](C)c1nnc(C)n1-2. The monoisotopic (exact) mass is 863 g/mol. The molecule has 62 heavy (non-hydrogen) atoms. The second-order valence-corrected chi connectivity index (χ2v) is 19.3. The van der Waals surface area contributed by atoms with Crippen molar-refractivity contribution in [3.63, 3.8) is 0 Å². The van der Waals surface area contributed by atoms with Crippen molar-refractivity contribution in [1.82, 2.24) is 19.7 Å². The molecular weight excluding hydrogens is 810 g/mol. The van der Waals surface area contributed by atoms with Crippen LogP contribution < -0.4 is 9.80 Å². The predicted molar refractivity (Wildman–Crippen MR) is 254 cm³/mol. The number of aryl methyl sites for hydroxylation is 3. The summed E-state index contributed by atoms with van der Waals surface area (Å²) in [6, 6.07) is 31.7. The van der Waals surface area contributed by atoms with Crippen LogP contribution in [-0.4, -0.2) is 87.0 Å². The Morgan fingerprint density at radius 2 is 1.45 bits per heavy atom. The van der Waals surface area contributed by atoms with Gasteiger partial charge >= 0.3 is 0 Å². The highest BCUT2D eigenvalue weighted by Crippen LogP contribution is 2.43. The van der Waals surface area contributed by atoms with E-state index < -0.39 is 5.60 Å². The summed E-state index contributed by atoms with van der Waals surface area (Å²) in [7, 11) is 0. The smallest absolute Gasteiger partial charge is 0.162 e. The number of β-amino-alcohol motifs (C(OH)–C–C–N with tert-alkyl or cyclic N) is 1. The number of aliphatic hydroxyl groups is 1. The molecule has 318 valence electrons. The third-order valence-corrected chi connectivity index (χ3v) is 15.2. The van der Waals surface area contributed by atoms with E-state index in [1.54, 1.807) is 17.4 Å². The minimum atomic E-state index is -0.702. The van der Waals surface area contributed by atoms with E-state index in [-0.39, 0.29) is 6.04 Å². The molecule has 1 atom stereocenters. The fourth-order valence-corrected chi connectivity index (χ4v) is 11.6. The summed E-state index contributed by atoms with van der Waals surface area (Å²) in [5, 5.41) is 33.1. The standard InChI is InChI=1S/C51H54ClN7O2S/c1-32-34(3)62-50-46(32)48(53-33(2)49-55-54-35(4)59(49)50)37-14-18-39(19-15-37)57-24-22-51(61,23-25-57)31-56-26-28-58(29-27-56)40-16-12-36(13-17-40)47-42-21-20-41(60)30-38(42)8-7-10-44(47)43-9-5-6-11-45(43)52/h5-6,9,11-21,30,33,60-61H,7-8,10,22-29,31H2,1-4H3/t33-/m0/s1. The molecule has 2 N–H and O–H groups in total. The number of hydrogen-bond acceptors (Lipinski definition) is 9. The molecule has 0 bridgehead atoms. The highest BCUT2D eigenvalue weighted by Gasteiger charge is 2.36. The zero-order chi connectivity index (χ0) is 42.7. The first-order valence-electron chi connectivity index (χ1n) is 22.1. The van der Waals surface area contributed by atoms with Crippen LogP contribution in [0, 0.1) is 20.8 Å². The van der Waals surface area contributed by atoms with Crippen LogP contribution in [0.2, 0.25) is 5.02 Å². The van der Waals surface area contributed by atoms with Crippen molar-refractivity contribution >= 4 is 51.2 Å². The number of halogens is 1. The number of piperidine rings is 1. The number of aromatic nitrogens is 3. The third-order valence-electron chi connectivity index (χ3n) is 13.7. The Kier molecular flexibility index (Phi) is 10.8. The van der Waals surface area contributed by atoms with Gasteiger partial charge in [0.2, 0.25) is 0 Å². The summed E-state index contributed by atoms with van der Waals surface area (Å²) in [5.74, 6) is 2.08. The molecule has 1 aliphatic carbocycles. The van der Waals surface area contributed by atoms with E-state index in [2.05, 4.69) is 117 Å². The Morgan fingerprint density at radius 1 is 0.774 bits per heavy atom. The molecule has 0 amide bonds. The first-order valence-corrected chi connectivity index (χ1v) is 23.3. The number of phenols is 1. The van der Waals surface area contributed by atoms with E-state index in [1.165, 1.54) is 49.7 Å². The van der Waals surface area contributed by atoms with E-state index in [1.807, 2.05) is 25.1 Å². The Labute approximate surface area is 373 Å². The number of aliphatic imine (C=N–C) groups is 1. The van der Waals surface area contributed by atoms with Gasteiger partial charge in [-0.3, -0.25) is 14.5 Å². The fraction of sp³-hybridized carbons (Fsp3) is 0.353. The van der Waals surface area contributed by atoms with Gasteiger partial charge in [0.1, 0.15) is 22.6 Å². The first kappa shape index (κ1) is 40.8. The minimum Gasteiger partial charge on any atom is -0.508 e. The Hall–Kier alpha value is -5.26. The molecule has 9 nitrogen and oxygen atoms in total. The molecule has 3 aliphatic heterocycles. The second kappa shape index (κ2) is 16.5. The van der Waals surface area contributed by atoms with Gasteiger partial charge in [-0.05, 0) is 141 Å². The Balaban J connectivity index is 0.778. The number of phenolic OH excluding ortho intramolecular Hbond substituents is 1. The van der Waals surface area contributed by atoms with E-state index >= 15 is 0 Å². The quantitative estimate of drug-likeness (QED) is 0.165. The molecule has 4 aliphatic rings. The van der Waals surface area contributed by atoms with Crippen molar-refractivity contribution < 1.29 is 10.2 Å². The summed E-state index contributed by atoms with van der Waals surface area (Å²) in [6.07, 6.45) is 4.29. The van der Waals surface area contributed by atoms with Gasteiger partial charge in [0.25, 0.3) is 0 Å². The fourth-order valence-electron chi connectivity index (χ4n) is 10.1. The van der Waals surface area contributed by atoms with Gasteiger partial charge in [-0.25, -0.2) is 0 Å². The van der Waals surface area contributed by atoms with Crippen molar-refractivity contribution in [2.45, 2.75) is 71.4 Å². The average Bonchev–Trinajstić information content (AvgIpc) is 3.69. The maximum Gasteiger partial charge on any atom is 0.162 e. The highest BCUT2D eigenvalue weighted by molar-refractivity contribution is 7.15. The second-order valence-electron chi connectivity index (χ2n) is 17.7. The number of allylic oxidation sites excluding steroid dienone is 1. The number of hydrogen-bond donors (Lipinski definition) is 2. The number of thiophene rings is 1. The molecule has 0 unspecified atom stereocenters. The summed E-state index contributed by atoms with van der Waals surface area (Å²) < 4.78 is 2.19. The maximum atomic E-state index is 11.9. The van der Waals surface area contributed by atoms with Gasteiger partial charge in [-0.1, -0.05) is 60.1 Å². The van der Waals surface area contributed by atoms with Crippen LogP contribution in [0.15, 0.2) is 96.0 Å². The molecule has 0 saturated carbocycles. The zero-order valence-corrected chi connectivity index (χ0v) is 37.6. The van der Waals surface area contributed by atoms with Crippen molar-refractivity contribution in [2.24, 2.45) is 4.99 Å². The van der Waals surface area contributed by atoms with Crippen LogP contribution in [-0.2, 0) is 6.42 Å². The Morgan fingerprint density at radius 3 is 2.16 bits per heavy atom. The Bertz CT molecular complexity index is 2700. The van der Waals surface area contributed by atoms with E-state index in [0.29, 0.717) is 12.3 Å². The molecule has 2 fully saturated rings. The summed E-state index contributed by atoms with van der Waals surface area (Å²) in [4.78, 5) is 13.9. The van der Waals surface area contributed by atoms with Crippen LogP contribution in [0.5, 0.6) is 5.75 Å². The number of benzene rings is 4. The zero-order valence-electron chi connectivity index (χ0n) is 36.0. The maximum absolute atomic E-state index is 11.9. The number of anilines is 2. The lowest BCUT2D eigenvalue weighted by molar-refractivity contribution is -0.0173. The molecule has 0 radical (unpaired) electrons. The van der Waals surface area contributed by atoms with Gasteiger partial charge in [-0.15, -0.1) is 21.5 Å². The van der Waals surface area contributed by atoms with E-state index in [9.17, 15) is 10.2 Å². The topological polar surface area (TPSA) is 93.2 Å². The molecule has 2 aromatic heterocycles. The molecule has 6 aromatic rings. The molecule has 4 aromatic carbocycles. The number of nitrogens with zero attached hydrogens (tertiary/aromatic N) is 7. The van der Waals surface area contributed by atoms with Crippen LogP contribution in [0.3, 0.4) is 0 Å². The largest absolute Gasteiger partial charge is 0.508 e. The minimum absolute atomic E-state index is 0.111. The first-order chi connectivity index (χ1) is 30.0. The lowest BCUT2D eigenvalue weighted by Crippen LogP contribution is -2.55. The van der Waals surface area contributed by atoms with Crippen LogP contribution in [0.25, 0.3) is 16.1 Å². The highest BCUT2D eigenvalue weighted by atomic mass is 35.5. The summed E-state index contributed by atoms with van der Waals surface area (Å²) in [6.45, 7) is 14.5. The molecule has 11 heteroatoms. The van der Waals surface area contributed by atoms with Gasteiger partial charge in [0.15, 0.2) is 5.82 Å². The summed E-state index contributed by atoms with van der Waals surface area (Å²) >= 11 is 8.60. The van der Waals surface area contributed by atoms with E-state index in [0.717, 1.165) is 115 Å². The predicted octanol–water partition coefficient (Wildman–Crippen LogP) is 9.97. The molecule has 2 saturated heterocycles. The number of fused-ring (bicyclic) bond motifs is 4. The number of rotatable bonds is 7. The van der Waals surface area contributed by atoms with Crippen LogP contribution >= 0.6 is 22.9 Å². The van der Waals surface area contributed by atoms with Gasteiger partial charge in [-0.2, -0.15) is 0 Å². The van der Waals surface area contributed by atoms with Gasteiger partial charge in [0.05, 0.1) is 11.3 Å². The number of aromatic hydroxyl groups is 1. The molecular formula is C51H54ClN7O2S. The van der Waals surface area contributed by atoms with Crippen LogP contribution in [0.1, 0.15) is 94.1 Å². The molecule has 5 heterocycles. The molecule has 10 rings (SSSR count). The lowest BCUT2D eigenvalue weighted by Gasteiger charge is -2.44.